The van der Waals surface area contributed by atoms with E-state index in [0.29, 0.717) is 0 Å². The number of benzene rings is 1. The molecule has 0 bridgehead atoms. The van der Waals surface area contributed by atoms with Crippen LogP contribution in [0.1, 0.15) is 40.3 Å². The molecule has 2 rings (SSSR count). The molecule has 1 aliphatic carbocycles. The van der Waals surface area contributed by atoms with Crippen molar-refractivity contribution >= 4 is 24.7 Å². The van der Waals surface area contributed by atoms with Crippen molar-refractivity contribution in [3.05, 3.63) is 39.0 Å². The Hall–Kier alpha value is 0.254. The van der Waals surface area contributed by atoms with E-state index in [1.54, 1.807) is 5.56 Å². The number of fused-ring (bicyclic) bond motifs is 1. The number of halogens is 2. The van der Waals surface area contributed by atoms with E-state index < -0.39 is 17.0 Å². The fourth-order valence-electron chi connectivity index (χ4n) is 2.42. The van der Waals surface area contributed by atoms with Gasteiger partial charge in [-0.2, -0.15) is 0 Å². The Kier molecular flexibility index (Phi) is 5.79. The van der Waals surface area contributed by atoms with E-state index in [2.05, 4.69) is 40.7 Å². The van der Waals surface area contributed by atoms with Crippen molar-refractivity contribution in [1.82, 2.24) is 0 Å². The Morgan fingerprint density at radius 1 is 0.882 bits per heavy atom. The third kappa shape index (κ3) is 3.17. The second kappa shape index (κ2) is 6.43. The summed E-state index contributed by atoms with van der Waals surface area (Å²) in [4.78, 5) is 0. The summed E-state index contributed by atoms with van der Waals surface area (Å²) in [5.41, 5.74) is 10.5. The van der Waals surface area contributed by atoms with Crippen molar-refractivity contribution in [2.45, 2.75) is 41.0 Å². The molecule has 3 heteroatoms. The van der Waals surface area contributed by atoms with Gasteiger partial charge in [0.25, 0.3) is 0 Å². The van der Waals surface area contributed by atoms with Crippen LogP contribution in [0.2, 0.25) is 0 Å². The molecule has 0 unspecified atom stereocenters. The van der Waals surface area contributed by atoms with Gasteiger partial charge in [-0.15, -0.1) is 0 Å². The van der Waals surface area contributed by atoms with Gasteiger partial charge in [0.1, 0.15) is 0 Å². The molecule has 0 N–H and O–H groups in total. The van der Waals surface area contributed by atoms with Crippen molar-refractivity contribution < 1.29 is 17.0 Å². The van der Waals surface area contributed by atoms with Crippen molar-refractivity contribution in [3.63, 3.8) is 0 Å². The van der Waals surface area contributed by atoms with Crippen molar-refractivity contribution in [1.29, 1.82) is 0 Å². The van der Waals surface area contributed by atoms with E-state index in [-0.39, 0.29) is 0 Å². The monoisotopic (exact) mass is 304 g/mol. The maximum atomic E-state index is 4.89. The minimum absolute atomic E-state index is 0.556. The number of allylic oxidation sites excluding steroid dienone is 1. The summed E-state index contributed by atoms with van der Waals surface area (Å²) >= 11 is -0.556. The molecule has 0 amide bonds. The van der Waals surface area contributed by atoms with Crippen LogP contribution in [-0.4, -0.2) is 0 Å². The normalized spacial score (nSPS) is 12.5. The Bertz CT molecular complexity index is 462. The Labute approximate surface area is 121 Å². The predicted molar refractivity (Wildman–Crippen MR) is 74.5 cm³/mol. The van der Waals surface area contributed by atoms with Crippen LogP contribution in [0.5, 0.6) is 0 Å². The van der Waals surface area contributed by atoms with Gasteiger partial charge in [0.2, 0.25) is 0 Å². The zero-order valence-corrected chi connectivity index (χ0v) is 14.1. The van der Waals surface area contributed by atoms with Gasteiger partial charge in [0.15, 0.2) is 0 Å². The minimum atomic E-state index is -0.556. The quantitative estimate of drug-likeness (QED) is 0.574. The van der Waals surface area contributed by atoms with Gasteiger partial charge in [0.05, 0.1) is 0 Å². The summed E-state index contributed by atoms with van der Waals surface area (Å²) in [5, 5.41) is 0. The third-order valence-corrected chi connectivity index (χ3v) is 3.72. The van der Waals surface area contributed by atoms with Crippen molar-refractivity contribution in [2.24, 2.45) is 0 Å². The van der Waals surface area contributed by atoms with Gasteiger partial charge in [0, 0.05) is 0 Å². The summed E-state index contributed by atoms with van der Waals surface area (Å²) in [6, 6.07) is 0. The molecule has 0 heterocycles. The van der Waals surface area contributed by atoms with E-state index in [1.165, 1.54) is 33.4 Å². The van der Waals surface area contributed by atoms with Crippen LogP contribution in [0.15, 0.2) is 5.57 Å². The van der Waals surface area contributed by atoms with Crippen LogP contribution in [0.3, 0.4) is 0 Å². The molecule has 0 spiro atoms. The molecular weight excluding hydrogens is 287 g/mol. The average molecular weight is 305 g/mol. The molecule has 0 fully saturated rings. The molecule has 17 heavy (non-hydrogen) atoms. The van der Waals surface area contributed by atoms with Crippen LogP contribution in [0, 0.1) is 27.7 Å². The second-order valence-corrected chi connectivity index (χ2v) is 7.21. The van der Waals surface area contributed by atoms with E-state index in [1.807, 2.05) is 0 Å². The van der Waals surface area contributed by atoms with E-state index in [0.717, 1.165) is 6.42 Å². The van der Waals surface area contributed by atoms with E-state index >= 15 is 0 Å². The van der Waals surface area contributed by atoms with Crippen LogP contribution >= 0.6 is 18.6 Å². The zero-order chi connectivity index (χ0) is 13.2. The summed E-state index contributed by atoms with van der Waals surface area (Å²) in [7, 11) is 9.78. The van der Waals surface area contributed by atoms with Gasteiger partial charge in [-0.1, -0.05) is 11.6 Å². The Balaban J connectivity index is 0.000000437. The van der Waals surface area contributed by atoms with Crippen molar-refractivity contribution in [2.75, 3.05) is 0 Å². The number of hydrogen-bond donors (Lipinski definition) is 0. The molecular formula is C14H18Cl2Ti. The van der Waals surface area contributed by atoms with Crippen LogP contribution in [-0.2, 0) is 23.5 Å². The molecule has 1 aliphatic rings. The molecule has 0 saturated heterocycles. The molecule has 0 nitrogen and oxygen atoms in total. The fourth-order valence-corrected chi connectivity index (χ4v) is 2.42. The first kappa shape index (κ1) is 15.3. The summed E-state index contributed by atoms with van der Waals surface area (Å²) < 4.78 is 0. The second-order valence-electron chi connectivity index (χ2n) is 4.63. The molecule has 0 radical (unpaired) electrons. The molecule has 0 aromatic heterocycles. The summed E-state index contributed by atoms with van der Waals surface area (Å²) in [5.74, 6) is 0. The van der Waals surface area contributed by atoms with Gasteiger partial charge in [-0.05, 0) is 74.4 Å². The first-order chi connectivity index (χ1) is 7.93. The number of rotatable bonds is 0. The van der Waals surface area contributed by atoms with Gasteiger partial charge in [-0.25, -0.2) is 0 Å². The Morgan fingerprint density at radius 2 is 1.35 bits per heavy atom. The van der Waals surface area contributed by atoms with E-state index in [9.17, 15) is 0 Å². The molecule has 0 saturated carbocycles. The molecule has 0 aliphatic heterocycles. The first-order valence-electron chi connectivity index (χ1n) is 5.66. The van der Waals surface area contributed by atoms with Crippen LogP contribution < -0.4 is 0 Å². The van der Waals surface area contributed by atoms with Crippen LogP contribution in [0.4, 0.5) is 0 Å². The van der Waals surface area contributed by atoms with Crippen molar-refractivity contribution in [3.8, 4) is 0 Å². The van der Waals surface area contributed by atoms with Gasteiger partial charge >= 0.3 is 35.6 Å². The summed E-state index contributed by atoms with van der Waals surface area (Å²) in [6.07, 6.45) is 3.51. The standard InChI is InChI=1S/C14H18.2ClH.Ti/c1-8-6-13-11(4)9(2)10(3)12(5)14(13)7-8;;;/h6H,7H2,1-5H3;2*1H;/q;;;+2/p-2. The molecule has 1 aromatic rings. The number of hydrogen-bond acceptors (Lipinski definition) is 0. The molecule has 92 valence electrons. The maximum absolute atomic E-state index is 4.89. The van der Waals surface area contributed by atoms with Gasteiger partial charge in [-0.3, -0.25) is 0 Å². The average Bonchev–Trinajstić information content (AvgIpc) is 2.67. The molecule has 1 aromatic carbocycles. The first-order valence-corrected chi connectivity index (χ1v) is 9.96. The zero-order valence-electron chi connectivity index (χ0n) is 11.0. The third-order valence-electron chi connectivity index (χ3n) is 3.72. The van der Waals surface area contributed by atoms with Gasteiger partial charge < -0.3 is 0 Å². The molecule has 0 atom stereocenters. The Morgan fingerprint density at radius 3 is 1.88 bits per heavy atom. The summed E-state index contributed by atoms with van der Waals surface area (Å²) in [6.45, 7) is 11.2. The van der Waals surface area contributed by atoms with E-state index in [4.69, 9.17) is 18.6 Å². The van der Waals surface area contributed by atoms with Crippen LogP contribution in [0.25, 0.3) is 6.08 Å². The topological polar surface area (TPSA) is 0 Å². The fraction of sp³-hybridized carbons (Fsp3) is 0.429. The predicted octanol–water partition coefficient (Wildman–Crippen LogP) is 5.26. The SMILES string of the molecule is CC1=Cc2c(C)c(C)c(C)c(C)c2C1.[Cl][Ti][Cl].